The van der Waals surface area contributed by atoms with Crippen LogP contribution in [0, 0.1) is 0 Å². The van der Waals surface area contributed by atoms with Gasteiger partial charge in [-0.1, -0.05) is 109 Å². The number of para-hydroxylation sites is 2. The van der Waals surface area contributed by atoms with Crippen molar-refractivity contribution in [2.75, 3.05) is 10.6 Å². The highest BCUT2D eigenvalue weighted by atomic mass is 16.2. The monoisotopic (exact) mass is 793 g/mol. The summed E-state index contributed by atoms with van der Waals surface area (Å²) in [6, 6.07) is 44.7. The van der Waals surface area contributed by atoms with Crippen LogP contribution in [0.3, 0.4) is 0 Å². The number of benzene rings is 6. The second-order valence-corrected chi connectivity index (χ2v) is 14.7. The Balaban J connectivity index is 1.04. The third-order valence-corrected chi connectivity index (χ3v) is 10.5. The van der Waals surface area contributed by atoms with Crippen LogP contribution in [0.5, 0.6) is 0 Å². The molecular weight excluding hydrogens is 751 g/mol. The van der Waals surface area contributed by atoms with Crippen molar-refractivity contribution in [3.8, 4) is 11.1 Å². The molecule has 0 saturated carbocycles. The summed E-state index contributed by atoms with van der Waals surface area (Å²) in [5.41, 5.74) is 7.74. The van der Waals surface area contributed by atoms with E-state index in [1.54, 1.807) is 42.7 Å². The first-order chi connectivity index (χ1) is 29.2. The Hall–Kier alpha value is -7.79. The Morgan fingerprint density at radius 1 is 0.550 bits per heavy atom. The molecule has 0 aliphatic carbocycles. The van der Waals surface area contributed by atoms with Gasteiger partial charge in [0.25, 0.3) is 11.8 Å². The molecule has 6 aromatic carbocycles. The molecule has 4 N–H and O–H groups in total. The number of nitrogens with one attached hydrogen (secondary N) is 4. The summed E-state index contributed by atoms with van der Waals surface area (Å²) < 4.78 is 3.78. The van der Waals surface area contributed by atoms with Gasteiger partial charge in [0.15, 0.2) is 0 Å². The smallest absolute Gasteiger partial charge is 0.251 e. The zero-order valence-electron chi connectivity index (χ0n) is 33.1. The molecule has 11 nitrogen and oxygen atoms in total. The van der Waals surface area contributed by atoms with Crippen molar-refractivity contribution in [2.24, 2.45) is 14.1 Å². The van der Waals surface area contributed by atoms with Crippen LogP contribution in [-0.4, -0.2) is 49.8 Å². The lowest BCUT2D eigenvalue weighted by atomic mass is 10.0. The molecule has 2 heterocycles. The number of imidazole rings is 1. The van der Waals surface area contributed by atoms with Gasteiger partial charge in [-0.15, -0.1) is 0 Å². The summed E-state index contributed by atoms with van der Waals surface area (Å²) in [6.45, 7) is 0. The van der Waals surface area contributed by atoms with Gasteiger partial charge >= 0.3 is 0 Å². The molecular formula is C49H43N7O4. The number of hydrogen-bond acceptors (Lipinski definition) is 5. The molecule has 0 radical (unpaired) electrons. The van der Waals surface area contributed by atoms with E-state index in [1.807, 2.05) is 145 Å². The van der Waals surface area contributed by atoms with Gasteiger partial charge < -0.3 is 30.4 Å². The van der Waals surface area contributed by atoms with Crippen molar-refractivity contribution >= 4 is 56.9 Å². The average molecular weight is 794 g/mol. The molecule has 0 aliphatic heterocycles. The summed E-state index contributed by atoms with van der Waals surface area (Å²) >= 11 is 0. The van der Waals surface area contributed by atoms with E-state index in [0.29, 0.717) is 28.9 Å². The highest BCUT2D eigenvalue weighted by Gasteiger charge is 2.26. The number of fused-ring (bicyclic) bond motifs is 2. The minimum atomic E-state index is -0.890. The van der Waals surface area contributed by atoms with Crippen LogP contribution in [0.2, 0.25) is 0 Å². The molecule has 0 bridgehead atoms. The van der Waals surface area contributed by atoms with Crippen LogP contribution in [0.25, 0.3) is 33.1 Å². The number of amides is 4. The van der Waals surface area contributed by atoms with Crippen molar-refractivity contribution in [2.45, 2.75) is 24.9 Å². The fourth-order valence-electron chi connectivity index (χ4n) is 7.57. The van der Waals surface area contributed by atoms with Crippen LogP contribution in [0.1, 0.15) is 31.8 Å². The lowest BCUT2D eigenvalue weighted by Gasteiger charge is -2.20. The first-order valence-corrected chi connectivity index (χ1v) is 19.7. The molecule has 298 valence electrons. The predicted molar refractivity (Wildman–Crippen MR) is 236 cm³/mol. The van der Waals surface area contributed by atoms with Crippen molar-refractivity contribution in [1.29, 1.82) is 0 Å². The zero-order valence-corrected chi connectivity index (χ0v) is 33.1. The summed E-state index contributed by atoms with van der Waals surface area (Å²) in [5, 5.41) is 12.9. The third-order valence-electron chi connectivity index (χ3n) is 10.5. The molecule has 11 heteroatoms. The highest BCUT2D eigenvalue weighted by molar-refractivity contribution is 6.09. The maximum Gasteiger partial charge on any atom is 0.251 e. The number of hydrogen-bond donors (Lipinski definition) is 4. The van der Waals surface area contributed by atoms with Crippen molar-refractivity contribution in [3.05, 3.63) is 186 Å². The molecule has 0 spiro atoms. The van der Waals surface area contributed by atoms with Gasteiger partial charge in [0, 0.05) is 55.2 Å². The molecule has 4 amide bonds. The standard InChI is InChI=1S/C49H43N7O4/c1-55-30-38(37-23-13-25-40(44(37)55)51-48(59)42(27-32-15-6-3-7-16-32)53-46(57)34-19-10-5-11-20-34)35-21-12-22-36(29-35)47(58)54-43(28-33-17-8-4-9-18-33)49(60)52-41-26-14-24-39-45(41)56(2)31-50-39/h3-26,29-31,42-43H,27-28H2,1-2H3,(H,51,59)(H,52,60)(H,53,57)(H,54,58). The van der Waals surface area contributed by atoms with Gasteiger partial charge in [-0.2, -0.15) is 0 Å². The number of carbonyl (C=O) groups is 4. The van der Waals surface area contributed by atoms with Crippen molar-refractivity contribution < 1.29 is 19.2 Å². The van der Waals surface area contributed by atoms with Gasteiger partial charge in [0.2, 0.25) is 11.8 Å². The normalized spacial score (nSPS) is 12.1. The molecule has 8 aromatic rings. The number of aromatic nitrogens is 3. The quantitative estimate of drug-likeness (QED) is 0.0949. The zero-order chi connectivity index (χ0) is 41.6. The van der Waals surface area contributed by atoms with E-state index >= 15 is 0 Å². The van der Waals surface area contributed by atoms with E-state index < -0.39 is 18.0 Å². The number of anilines is 2. The molecule has 2 aromatic heterocycles. The number of rotatable bonds is 13. The van der Waals surface area contributed by atoms with E-state index in [4.69, 9.17) is 0 Å². The highest BCUT2D eigenvalue weighted by Crippen LogP contribution is 2.35. The lowest BCUT2D eigenvalue weighted by Crippen LogP contribution is -2.45. The third kappa shape index (κ3) is 8.56. The molecule has 0 fully saturated rings. The Kier molecular flexibility index (Phi) is 11.3. The van der Waals surface area contributed by atoms with Crippen LogP contribution >= 0.6 is 0 Å². The molecule has 60 heavy (non-hydrogen) atoms. The largest absolute Gasteiger partial charge is 0.348 e. The first-order valence-electron chi connectivity index (χ1n) is 19.7. The summed E-state index contributed by atoms with van der Waals surface area (Å²) in [7, 11) is 3.76. The van der Waals surface area contributed by atoms with Crippen LogP contribution in [0.15, 0.2) is 164 Å². The van der Waals surface area contributed by atoms with Crippen molar-refractivity contribution in [1.82, 2.24) is 24.8 Å². The maximum atomic E-state index is 14.0. The minimum absolute atomic E-state index is 0.277. The van der Waals surface area contributed by atoms with Gasteiger partial charge in [-0.3, -0.25) is 19.2 Å². The number of carbonyl (C=O) groups excluding carboxylic acids is 4. The van der Waals surface area contributed by atoms with Gasteiger partial charge in [0.05, 0.1) is 34.3 Å². The Morgan fingerprint density at radius 2 is 1.07 bits per heavy atom. The number of nitrogens with zero attached hydrogens (tertiary/aromatic N) is 3. The Labute approximate surface area is 347 Å². The Bertz CT molecular complexity index is 2830. The van der Waals surface area contributed by atoms with E-state index in [1.165, 1.54) is 0 Å². The van der Waals surface area contributed by atoms with E-state index in [9.17, 15) is 19.2 Å². The SMILES string of the molecule is Cn1cnc2cccc(NC(=O)C(Cc3ccccc3)NC(=O)c3cccc(-c4cn(C)c5c(NC(=O)C(Cc6ccccc6)NC(=O)c6ccccc6)cccc45)c3)c21. The minimum Gasteiger partial charge on any atom is -0.348 e. The number of aryl methyl sites for hydroxylation is 2. The second kappa shape index (κ2) is 17.4. The lowest BCUT2D eigenvalue weighted by molar-refractivity contribution is -0.118. The molecule has 2 unspecified atom stereocenters. The molecule has 2 atom stereocenters. The second-order valence-electron chi connectivity index (χ2n) is 14.7. The average Bonchev–Trinajstić information content (AvgIpc) is 3.84. The molecule has 0 saturated heterocycles. The van der Waals surface area contributed by atoms with Crippen LogP contribution in [0.4, 0.5) is 11.4 Å². The van der Waals surface area contributed by atoms with E-state index in [2.05, 4.69) is 26.3 Å². The fraction of sp³-hybridized carbons (Fsp3) is 0.122. The summed E-state index contributed by atoms with van der Waals surface area (Å²) in [4.78, 5) is 59.7. The Morgan fingerprint density at radius 3 is 1.68 bits per heavy atom. The van der Waals surface area contributed by atoms with Crippen LogP contribution in [-0.2, 0) is 36.5 Å². The molecule has 8 rings (SSSR count). The van der Waals surface area contributed by atoms with Gasteiger partial charge in [0.1, 0.15) is 12.1 Å². The van der Waals surface area contributed by atoms with E-state index in [-0.39, 0.29) is 24.1 Å². The van der Waals surface area contributed by atoms with Gasteiger partial charge in [-0.25, -0.2) is 4.98 Å². The predicted octanol–water partition coefficient (Wildman–Crippen LogP) is 7.69. The topological polar surface area (TPSA) is 139 Å². The summed E-state index contributed by atoms with van der Waals surface area (Å²) in [5.74, 6) is -1.46. The van der Waals surface area contributed by atoms with E-state index in [0.717, 1.165) is 44.2 Å². The van der Waals surface area contributed by atoms with Crippen molar-refractivity contribution in [3.63, 3.8) is 0 Å². The van der Waals surface area contributed by atoms with Gasteiger partial charge in [-0.05, 0) is 59.2 Å². The van der Waals surface area contributed by atoms with Crippen LogP contribution < -0.4 is 21.3 Å². The fourth-order valence-corrected chi connectivity index (χ4v) is 7.57. The molecule has 0 aliphatic rings. The maximum absolute atomic E-state index is 14.0. The summed E-state index contributed by atoms with van der Waals surface area (Å²) in [6.07, 6.45) is 4.23. The first kappa shape index (κ1) is 39.1.